The highest BCUT2D eigenvalue weighted by Gasteiger charge is 2.35. The molecule has 1 aliphatic heterocycles. The van der Waals surface area contributed by atoms with Crippen LogP contribution in [-0.2, 0) is 18.4 Å². The van der Waals surface area contributed by atoms with Crippen LogP contribution in [0.5, 0.6) is 0 Å². The second-order valence-electron chi connectivity index (χ2n) is 5.95. The number of nitrogens with two attached hydrogens (primary N) is 2. The van der Waals surface area contributed by atoms with Gasteiger partial charge in [0.1, 0.15) is 17.8 Å². The minimum absolute atomic E-state index is 0.0454. The summed E-state index contributed by atoms with van der Waals surface area (Å²) in [7, 11) is -13.9. The van der Waals surface area contributed by atoms with Gasteiger partial charge in [0, 0.05) is 6.42 Å². The highest BCUT2D eigenvalue weighted by atomic mass is 31.2. The van der Waals surface area contributed by atoms with Gasteiger partial charge in [0.25, 0.3) is 0 Å². The summed E-state index contributed by atoms with van der Waals surface area (Å²) in [6.07, 6.45) is 0.0288. The Balaban J connectivity index is 0.000000599. The number of aromatic nitrogens is 4. The van der Waals surface area contributed by atoms with E-state index in [9.17, 15) is 5.11 Å². The van der Waals surface area contributed by atoms with Gasteiger partial charge in [-0.25, -0.2) is 18.7 Å². The smallest absolute Gasteiger partial charge is 0.394 e. The Morgan fingerprint density at radius 2 is 1.38 bits per heavy atom. The fraction of sp³-hybridized carbons (Fsp3) is 0.500. The van der Waals surface area contributed by atoms with Crippen LogP contribution in [0, 0.1) is 0 Å². The maximum absolute atomic E-state index is 9.74. The first-order valence-electron chi connectivity index (χ1n) is 8.15. The van der Waals surface area contributed by atoms with E-state index in [1.807, 2.05) is 0 Å². The molecule has 0 bridgehead atoms. The lowest BCUT2D eigenvalue weighted by Gasteiger charge is -2.13. The van der Waals surface area contributed by atoms with Gasteiger partial charge in [-0.1, -0.05) is 0 Å². The minimum Gasteiger partial charge on any atom is -0.394 e. The van der Waals surface area contributed by atoms with E-state index in [-0.39, 0.29) is 18.4 Å². The fourth-order valence-electron chi connectivity index (χ4n) is 2.22. The third-order valence-corrected chi connectivity index (χ3v) is 3.16. The molecule has 198 valence electrons. The lowest BCUT2D eigenvalue weighted by atomic mass is 10.2. The van der Waals surface area contributed by atoms with Crippen LogP contribution in [0.1, 0.15) is 12.6 Å². The van der Waals surface area contributed by atoms with Gasteiger partial charge in [-0.05, 0) is 0 Å². The van der Waals surface area contributed by atoms with Crippen LogP contribution in [0.3, 0.4) is 0 Å². The first kappa shape index (κ1) is 32.4. The molecule has 1 saturated heterocycles. The second-order valence-corrected chi connectivity index (χ2v) is 9.03. The summed E-state index contributed by atoms with van der Waals surface area (Å²) in [6, 6.07) is 0. The zero-order valence-corrected chi connectivity index (χ0v) is 19.2. The standard InChI is InChI=1S/C10H14N6O3.3H3O4P/c11-8-7-9(15-10(12)14-8)16(3-13-7)6-1-4(18)5(2-17)19-6;3*1-5(2,3)4/h3-6,17-18H,1-2H2,(H4,11,12,14,15);3*(H3,1,2,3,4)/t4-,5+,6+;;;/m0.../s1. The average molecular weight is 560 g/mol. The predicted molar refractivity (Wildman–Crippen MR) is 109 cm³/mol. The molecule has 0 radical (unpaired) electrons. The van der Waals surface area contributed by atoms with Crippen molar-refractivity contribution < 1.29 is 72.7 Å². The number of aliphatic hydroxyl groups excluding tert-OH is 2. The van der Waals surface area contributed by atoms with E-state index in [1.165, 1.54) is 6.33 Å². The van der Waals surface area contributed by atoms with Crippen LogP contribution in [0.25, 0.3) is 11.2 Å². The molecular weight excluding hydrogens is 537 g/mol. The summed E-state index contributed by atoms with van der Waals surface area (Å²) >= 11 is 0. The molecule has 0 saturated carbocycles. The molecule has 15 N–H and O–H groups in total. The first-order chi connectivity index (χ1) is 15.1. The summed E-state index contributed by atoms with van der Waals surface area (Å²) in [4.78, 5) is 76.7. The number of ether oxygens (including phenoxy) is 1. The van der Waals surface area contributed by atoms with E-state index < -0.39 is 41.9 Å². The second kappa shape index (κ2) is 12.9. The Morgan fingerprint density at radius 1 is 0.941 bits per heavy atom. The topological polar surface area (TPSA) is 379 Å². The van der Waals surface area contributed by atoms with Gasteiger partial charge < -0.3 is 70.5 Å². The number of fused-ring (bicyclic) bond motifs is 1. The summed E-state index contributed by atoms with van der Waals surface area (Å²) < 4.78 is 33.8. The SMILES string of the molecule is Nc1nc(N)c2ncn([C@H]3C[C@H](O)[C@@H](CO)O3)c2n1.O=P(O)(O)O.O=P(O)(O)O.O=P(O)(O)O. The first-order valence-corrected chi connectivity index (χ1v) is 12.8. The Hall–Kier alpha value is -1.64. The average Bonchev–Trinajstić information content (AvgIpc) is 3.13. The number of hydrogen-bond acceptors (Lipinski definition) is 11. The normalized spacial score (nSPS) is 20.4. The predicted octanol–water partition coefficient (Wildman–Crippen LogP) is -4.15. The van der Waals surface area contributed by atoms with Crippen molar-refractivity contribution >= 4 is 46.4 Å². The van der Waals surface area contributed by atoms with Crippen molar-refractivity contribution in [1.82, 2.24) is 19.5 Å². The van der Waals surface area contributed by atoms with Crippen LogP contribution < -0.4 is 11.5 Å². The van der Waals surface area contributed by atoms with Gasteiger partial charge in [-0.15, -0.1) is 0 Å². The number of phosphoric acid groups is 3. The molecule has 21 nitrogen and oxygen atoms in total. The third-order valence-electron chi connectivity index (χ3n) is 3.16. The number of imidazole rings is 1. The molecule has 24 heteroatoms. The van der Waals surface area contributed by atoms with Crippen molar-refractivity contribution in [2.45, 2.75) is 24.9 Å². The Bertz CT molecular complexity index is 992. The van der Waals surface area contributed by atoms with Crippen molar-refractivity contribution in [3.63, 3.8) is 0 Å². The van der Waals surface area contributed by atoms with Crippen LogP contribution >= 0.6 is 23.5 Å². The Labute approximate surface area is 188 Å². The van der Waals surface area contributed by atoms with Crippen LogP contribution in [0.4, 0.5) is 11.8 Å². The lowest BCUT2D eigenvalue weighted by molar-refractivity contribution is -0.0432. The number of rotatable bonds is 2. The molecule has 1 aliphatic rings. The van der Waals surface area contributed by atoms with Crippen molar-refractivity contribution in [2.75, 3.05) is 18.1 Å². The molecule has 0 aliphatic carbocycles. The molecular formula is C10H23N6O15P3. The van der Waals surface area contributed by atoms with Crippen molar-refractivity contribution in [2.24, 2.45) is 0 Å². The van der Waals surface area contributed by atoms with E-state index in [2.05, 4.69) is 15.0 Å². The number of anilines is 2. The minimum atomic E-state index is -4.64. The molecule has 0 spiro atoms. The molecule has 2 aromatic rings. The summed E-state index contributed by atoms with van der Waals surface area (Å²) in [5.41, 5.74) is 12.1. The number of nitrogen functional groups attached to an aromatic ring is 2. The van der Waals surface area contributed by atoms with Crippen molar-refractivity contribution in [3.05, 3.63) is 6.33 Å². The molecule has 0 aromatic carbocycles. The maximum Gasteiger partial charge on any atom is 0.466 e. The van der Waals surface area contributed by atoms with Gasteiger partial charge in [-0.2, -0.15) is 9.97 Å². The molecule has 3 atom stereocenters. The highest BCUT2D eigenvalue weighted by Crippen LogP contribution is 2.31. The third kappa shape index (κ3) is 15.3. The van der Waals surface area contributed by atoms with Crippen LogP contribution in [0.2, 0.25) is 0 Å². The number of hydrogen-bond donors (Lipinski definition) is 13. The molecule has 0 amide bonds. The zero-order valence-electron chi connectivity index (χ0n) is 16.6. The molecule has 1 fully saturated rings. The molecule has 2 aromatic heterocycles. The van der Waals surface area contributed by atoms with Crippen molar-refractivity contribution in [1.29, 1.82) is 0 Å². The van der Waals surface area contributed by atoms with Crippen LogP contribution in [-0.4, -0.2) is 92.6 Å². The van der Waals surface area contributed by atoms with Gasteiger partial charge in [-0.3, -0.25) is 4.57 Å². The summed E-state index contributed by atoms with van der Waals surface area (Å²) in [6.45, 7) is -0.246. The Kier molecular flexibility index (Phi) is 12.3. The number of nitrogens with zero attached hydrogens (tertiary/aromatic N) is 4. The monoisotopic (exact) mass is 560 g/mol. The molecule has 34 heavy (non-hydrogen) atoms. The fourth-order valence-corrected chi connectivity index (χ4v) is 2.22. The molecule has 3 heterocycles. The quantitative estimate of drug-likeness (QED) is 0.155. The molecule has 3 rings (SSSR count). The van der Waals surface area contributed by atoms with Gasteiger partial charge in [0.05, 0.1) is 19.0 Å². The van der Waals surface area contributed by atoms with Gasteiger partial charge >= 0.3 is 23.5 Å². The van der Waals surface area contributed by atoms with E-state index >= 15 is 0 Å². The van der Waals surface area contributed by atoms with Crippen molar-refractivity contribution in [3.8, 4) is 0 Å². The zero-order chi connectivity index (χ0) is 27.1. The maximum atomic E-state index is 9.74. The highest BCUT2D eigenvalue weighted by molar-refractivity contribution is 7.45. The van der Waals surface area contributed by atoms with Gasteiger partial charge in [0.15, 0.2) is 11.5 Å². The lowest BCUT2D eigenvalue weighted by Crippen LogP contribution is -2.24. The van der Waals surface area contributed by atoms with E-state index in [0.29, 0.717) is 17.6 Å². The van der Waals surface area contributed by atoms with Gasteiger partial charge in [0.2, 0.25) is 5.95 Å². The Morgan fingerprint density at radius 3 is 1.76 bits per heavy atom. The van der Waals surface area contributed by atoms with E-state index in [1.54, 1.807) is 4.57 Å². The summed E-state index contributed by atoms with van der Waals surface area (Å²) in [5, 5.41) is 18.8. The molecule has 0 unspecified atom stereocenters. The van der Waals surface area contributed by atoms with E-state index in [4.69, 9.17) is 79.0 Å². The van der Waals surface area contributed by atoms with Crippen LogP contribution in [0.15, 0.2) is 6.33 Å². The van der Waals surface area contributed by atoms with E-state index in [0.717, 1.165) is 0 Å². The largest absolute Gasteiger partial charge is 0.466 e. The summed E-state index contributed by atoms with van der Waals surface area (Å²) in [5.74, 6) is 0.238. The number of aliphatic hydroxyl groups is 2.